The average molecular weight is 408 g/mol. The number of halogens is 2. The molecule has 1 saturated heterocycles. The molecule has 1 N–H and O–H groups in total. The first-order chi connectivity index (χ1) is 13.6. The van der Waals surface area contributed by atoms with Gasteiger partial charge in [-0.2, -0.15) is 0 Å². The smallest absolute Gasteiger partial charge is 0.224 e. The molecule has 5 nitrogen and oxygen atoms in total. The molecule has 2 aromatic carbocycles. The highest BCUT2D eigenvalue weighted by Gasteiger charge is 2.17. The van der Waals surface area contributed by atoms with Gasteiger partial charge in [-0.25, -0.2) is 4.39 Å². The van der Waals surface area contributed by atoms with E-state index in [4.69, 9.17) is 25.8 Å². The van der Waals surface area contributed by atoms with Crippen molar-refractivity contribution in [1.82, 2.24) is 5.32 Å². The highest BCUT2D eigenvalue weighted by molar-refractivity contribution is 6.31. The molecule has 2 aromatic rings. The zero-order valence-electron chi connectivity index (χ0n) is 15.7. The van der Waals surface area contributed by atoms with Gasteiger partial charge in [0.1, 0.15) is 12.4 Å². The molecule has 1 atom stereocenters. The molecule has 0 radical (unpaired) electrons. The topological polar surface area (TPSA) is 56.8 Å². The van der Waals surface area contributed by atoms with Gasteiger partial charge in [-0.1, -0.05) is 23.7 Å². The van der Waals surface area contributed by atoms with E-state index in [1.165, 1.54) is 12.1 Å². The third kappa shape index (κ3) is 5.36. The lowest BCUT2D eigenvalue weighted by Gasteiger charge is -2.15. The quantitative estimate of drug-likeness (QED) is 0.721. The van der Waals surface area contributed by atoms with Crippen molar-refractivity contribution in [3.8, 4) is 11.5 Å². The van der Waals surface area contributed by atoms with E-state index in [0.717, 1.165) is 25.0 Å². The molecule has 1 aliphatic rings. The van der Waals surface area contributed by atoms with Crippen LogP contribution in [0.3, 0.4) is 0 Å². The Morgan fingerprint density at radius 1 is 1.32 bits per heavy atom. The van der Waals surface area contributed by atoms with Crippen molar-refractivity contribution in [2.45, 2.75) is 31.9 Å². The Morgan fingerprint density at radius 2 is 2.18 bits per heavy atom. The van der Waals surface area contributed by atoms with Crippen LogP contribution in [-0.4, -0.2) is 32.3 Å². The third-order valence-corrected chi connectivity index (χ3v) is 4.92. The summed E-state index contributed by atoms with van der Waals surface area (Å²) >= 11 is 5.97. The van der Waals surface area contributed by atoms with Crippen molar-refractivity contribution in [3.63, 3.8) is 0 Å². The summed E-state index contributed by atoms with van der Waals surface area (Å²) in [4.78, 5) is 12.2. The van der Waals surface area contributed by atoms with E-state index in [1.807, 2.05) is 12.1 Å². The molecule has 0 bridgehead atoms. The highest BCUT2D eigenvalue weighted by Crippen LogP contribution is 2.29. The Bertz CT molecular complexity index is 804. The van der Waals surface area contributed by atoms with Crippen LogP contribution in [0.15, 0.2) is 36.4 Å². The molecular weight excluding hydrogens is 385 g/mol. The van der Waals surface area contributed by atoms with Crippen molar-refractivity contribution in [2.75, 3.05) is 20.3 Å². The van der Waals surface area contributed by atoms with Crippen LogP contribution in [0.2, 0.25) is 5.02 Å². The molecule has 1 heterocycles. The van der Waals surface area contributed by atoms with Crippen molar-refractivity contribution < 1.29 is 23.4 Å². The summed E-state index contributed by atoms with van der Waals surface area (Å²) < 4.78 is 30.5. The van der Waals surface area contributed by atoms with E-state index in [0.29, 0.717) is 18.1 Å². The maximum Gasteiger partial charge on any atom is 0.224 e. The Morgan fingerprint density at radius 3 is 2.89 bits per heavy atom. The maximum absolute atomic E-state index is 13.8. The number of hydrogen-bond acceptors (Lipinski definition) is 4. The fourth-order valence-corrected chi connectivity index (χ4v) is 3.25. The van der Waals surface area contributed by atoms with E-state index < -0.39 is 5.82 Å². The van der Waals surface area contributed by atoms with Gasteiger partial charge in [-0.05, 0) is 42.7 Å². The second-order valence-corrected chi connectivity index (χ2v) is 6.99. The van der Waals surface area contributed by atoms with Crippen LogP contribution in [-0.2, 0) is 22.5 Å². The van der Waals surface area contributed by atoms with Gasteiger partial charge < -0.3 is 19.5 Å². The number of rotatable bonds is 8. The van der Waals surface area contributed by atoms with E-state index >= 15 is 0 Å². The van der Waals surface area contributed by atoms with Gasteiger partial charge in [-0.15, -0.1) is 0 Å². The number of carbonyl (C=O) groups is 1. The molecule has 150 valence electrons. The van der Waals surface area contributed by atoms with Crippen LogP contribution in [0.25, 0.3) is 0 Å². The third-order valence-electron chi connectivity index (χ3n) is 4.57. The number of carbonyl (C=O) groups excluding carboxylic acids is 1. The van der Waals surface area contributed by atoms with Crippen LogP contribution in [0.1, 0.15) is 24.0 Å². The molecule has 0 aliphatic carbocycles. The van der Waals surface area contributed by atoms with Crippen molar-refractivity contribution in [1.29, 1.82) is 0 Å². The van der Waals surface area contributed by atoms with Crippen LogP contribution >= 0.6 is 11.6 Å². The minimum Gasteiger partial charge on any atom is -0.493 e. The Hall–Kier alpha value is -2.31. The molecule has 28 heavy (non-hydrogen) atoms. The zero-order chi connectivity index (χ0) is 19.9. The molecule has 0 saturated carbocycles. The van der Waals surface area contributed by atoms with Gasteiger partial charge in [-0.3, -0.25) is 4.79 Å². The van der Waals surface area contributed by atoms with Gasteiger partial charge in [0.15, 0.2) is 11.5 Å². The fraction of sp³-hybridized carbons (Fsp3) is 0.381. The number of amides is 1. The van der Waals surface area contributed by atoms with Gasteiger partial charge in [0, 0.05) is 23.7 Å². The van der Waals surface area contributed by atoms with E-state index in [1.54, 1.807) is 19.2 Å². The summed E-state index contributed by atoms with van der Waals surface area (Å²) in [6, 6.07) is 9.82. The molecule has 1 unspecified atom stereocenters. The van der Waals surface area contributed by atoms with E-state index in [9.17, 15) is 9.18 Å². The van der Waals surface area contributed by atoms with Crippen molar-refractivity contribution in [3.05, 3.63) is 58.4 Å². The normalized spacial score (nSPS) is 16.0. The predicted octanol–water partition coefficient (Wildman–Crippen LogP) is 3.90. The van der Waals surface area contributed by atoms with Gasteiger partial charge >= 0.3 is 0 Å². The second kappa shape index (κ2) is 9.75. The minimum atomic E-state index is -0.489. The van der Waals surface area contributed by atoms with Gasteiger partial charge in [0.2, 0.25) is 5.91 Å². The SMILES string of the molecule is COc1cc(CNC(=O)Cc2c(F)cccc2Cl)ccc1OCC1CCCO1. The summed E-state index contributed by atoms with van der Waals surface area (Å²) in [5.74, 6) is 0.412. The Balaban J connectivity index is 1.55. The number of benzene rings is 2. The van der Waals surface area contributed by atoms with Crippen LogP contribution < -0.4 is 14.8 Å². The van der Waals surface area contributed by atoms with Crippen LogP contribution in [0, 0.1) is 5.82 Å². The number of methoxy groups -OCH3 is 1. The lowest BCUT2D eigenvalue weighted by molar-refractivity contribution is -0.120. The summed E-state index contributed by atoms with van der Waals surface area (Å²) in [7, 11) is 1.57. The van der Waals surface area contributed by atoms with Gasteiger partial charge in [0.05, 0.1) is 19.6 Å². The number of hydrogen-bond donors (Lipinski definition) is 1. The molecule has 1 amide bonds. The second-order valence-electron chi connectivity index (χ2n) is 6.58. The number of ether oxygens (including phenoxy) is 3. The number of nitrogens with one attached hydrogen (secondary N) is 1. The van der Waals surface area contributed by atoms with E-state index in [2.05, 4.69) is 5.32 Å². The van der Waals surface area contributed by atoms with E-state index in [-0.39, 0.29) is 35.6 Å². The summed E-state index contributed by atoms with van der Waals surface area (Å²) in [5, 5.41) is 3.01. The summed E-state index contributed by atoms with van der Waals surface area (Å²) in [6.07, 6.45) is 2.06. The molecule has 1 fully saturated rings. The lowest BCUT2D eigenvalue weighted by atomic mass is 10.1. The molecule has 3 rings (SSSR count). The molecular formula is C21H23ClFNO4. The van der Waals surface area contributed by atoms with Crippen LogP contribution in [0.5, 0.6) is 11.5 Å². The maximum atomic E-state index is 13.8. The first-order valence-corrected chi connectivity index (χ1v) is 9.55. The monoisotopic (exact) mass is 407 g/mol. The molecule has 0 aromatic heterocycles. The average Bonchev–Trinajstić information content (AvgIpc) is 3.21. The molecule has 1 aliphatic heterocycles. The standard InChI is InChI=1S/C21H23ClFNO4/c1-26-20-10-14(7-8-19(20)28-13-15-4-3-9-27-15)12-24-21(25)11-16-17(22)5-2-6-18(16)23/h2,5-8,10,15H,3-4,9,11-13H2,1H3,(H,24,25). The Kier molecular flexibility index (Phi) is 7.12. The van der Waals surface area contributed by atoms with Crippen molar-refractivity contribution >= 4 is 17.5 Å². The first-order valence-electron chi connectivity index (χ1n) is 9.17. The Labute approximate surface area is 168 Å². The fourth-order valence-electron chi connectivity index (χ4n) is 3.02. The predicted molar refractivity (Wildman–Crippen MR) is 104 cm³/mol. The minimum absolute atomic E-state index is 0.119. The molecule has 7 heteroatoms. The van der Waals surface area contributed by atoms with Crippen LogP contribution in [0.4, 0.5) is 4.39 Å². The van der Waals surface area contributed by atoms with Crippen molar-refractivity contribution in [2.24, 2.45) is 0 Å². The zero-order valence-corrected chi connectivity index (χ0v) is 16.4. The largest absolute Gasteiger partial charge is 0.493 e. The summed E-state index contributed by atoms with van der Waals surface area (Å²) in [5.41, 5.74) is 1.03. The summed E-state index contributed by atoms with van der Waals surface area (Å²) in [6.45, 7) is 1.55. The lowest BCUT2D eigenvalue weighted by Crippen LogP contribution is -2.25. The highest BCUT2D eigenvalue weighted by atomic mass is 35.5. The first kappa shape index (κ1) is 20.4. The molecule has 0 spiro atoms. The van der Waals surface area contributed by atoms with Gasteiger partial charge in [0.25, 0.3) is 0 Å².